The third-order valence-electron chi connectivity index (χ3n) is 4.53. The van der Waals surface area contributed by atoms with Crippen molar-refractivity contribution in [2.45, 2.75) is 39.2 Å². The summed E-state index contributed by atoms with van der Waals surface area (Å²) in [6.45, 7) is 4.45. The molecular formula is C18H22Cl2N2O3. The monoisotopic (exact) mass is 384 g/mol. The number of amides is 2. The van der Waals surface area contributed by atoms with E-state index < -0.39 is 17.6 Å². The highest BCUT2D eigenvalue weighted by molar-refractivity contribution is 6.42. The average Bonchev–Trinajstić information content (AvgIpc) is 2.91. The van der Waals surface area contributed by atoms with Gasteiger partial charge < -0.3 is 10.2 Å². The summed E-state index contributed by atoms with van der Waals surface area (Å²) in [6, 6.07) is 5.56. The fraction of sp³-hybridized carbons (Fsp3) is 0.500. The van der Waals surface area contributed by atoms with E-state index in [-0.39, 0.29) is 18.5 Å². The molecule has 0 aromatic heterocycles. The molecule has 7 heteroatoms. The molecule has 5 nitrogen and oxygen atoms in total. The first-order valence-electron chi connectivity index (χ1n) is 8.41. The Labute approximate surface area is 157 Å². The minimum Gasteiger partial charge on any atom is -0.348 e. The van der Waals surface area contributed by atoms with Crippen LogP contribution in [0.4, 0.5) is 0 Å². The van der Waals surface area contributed by atoms with E-state index in [1.54, 1.807) is 11.0 Å². The van der Waals surface area contributed by atoms with E-state index >= 15 is 0 Å². The molecule has 1 fully saturated rings. The molecule has 0 radical (unpaired) electrons. The van der Waals surface area contributed by atoms with Gasteiger partial charge in [-0.1, -0.05) is 29.3 Å². The van der Waals surface area contributed by atoms with Crippen LogP contribution in [0.2, 0.25) is 10.0 Å². The number of carbonyl (C=O) groups excluding carboxylic acids is 3. The maximum atomic E-state index is 12.6. The molecule has 25 heavy (non-hydrogen) atoms. The van der Waals surface area contributed by atoms with Gasteiger partial charge in [0.2, 0.25) is 11.7 Å². The Balaban J connectivity index is 1.90. The van der Waals surface area contributed by atoms with Crippen LogP contribution in [0, 0.1) is 5.92 Å². The normalized spacial score (nSPS) is 18.2. The Morgan fingerprint density at radius 1 is 1.32 bits per heavy atom. The summed E-state index contributed by atoms with van der Waals surface area (Å²) >= 11 is 11.9. The predicted octanol–water partition coefficient (Wildman–Crippen LogP) is 2.87. The quantitative estimate of drug-likeness (QED) is 0.580. The minimum absolute atomic E-state index is 0.0104. The van der Waals surface area contributed by atoms with Gasteiger partial charge >= 0.3 is 0 Å². The summed E-state index contributed by atoms with van der Waals surface area (Å²) in [7, 11) is 0. The molecule has 136 valence electrons. The third-order valence-corrected chi connectivity index (χ3v) is 5.27. The second kappa shape index (κ2) is 8.68. The van der Waals surface area contributed by atoms with Crippen LogP contribution in [0.5, 0.6) is 0 Å². The lowest BCUT2D eigenvalue weighted by atomic mass is 10.0. The lowest BCUT2D eigenvalue weighted by Gasteiger charge is -2.29. The van der Waals surface area contributed by atoms with Gasteiger partial charge in [0, 0.05) is 19.1 Å². The van der Waals surface area contributed by atoms with E-state index in [2.05, 4.69) is 5.32 Å². The number of aryl methyl sites for hydroxylation is 1. The summed E-state index contributed by atoms with van der Waals surface area (Å²) in [6.07, 6.45) is 2.50. The maximum Gasteiger partial charge on any atom is 0.288 e. The topological polar surface area (TPSA) is 66.5 Å². The lowest BCUT2D eigenvalue weighted by molar-refractivity contribution is -0.144. The summed E-state index contributed by atoms with van der Waals surface area (Å²) < 4.78 is 0. The van der Waals surface area contributed by atoms with E-state index in [0.717, 1.165) is 24.8 Å². The number of hydrogen-bond acceptors (Lipinski definition) is 3. The van der Waals surface area contributed by atoms with Crippen molar-refractivity contribution in [1.29, 1.82) is 0 Å². The first-order valence-corrected chi connectivity index (χ1v) is 9.17. The molecule has 0 saturated carbocycles. The zero-order valence-corrected chi connectivity index (χ0v) is 15.9. The van der Waals surface area contributed by atoms with E-state index in [0.29, 0.717) is 16.6 Å². The molecule has 0 aliphatic carbocycles. The molecule has 1 saturated heterocycles. The number of nitrogens with zero attached hydrogens (tertiary/aromatic N) is 1. The van der Waals surface area contributed by atoms with E-state index in [1.165, 1.54) is 0 Å². The lowest BCUT2D eigenvalue weighted by Crippen LogP contribution is -2.44. The molecule has 1 aromatic carbocycles. The van der Waals surface area contributed by atoms with Crippen LogP contribution in [-0.2, 0) is 20.8 Å². The maximum absolute atomic E-state index is 12.6. The van der Waals surface area contributed by atoms with Crippen LogP contribution in [-0.4, -0.2) is 41.6 Å². The number of hydrogen-bond donors (Lipinski definition) is 1. The first kappa shape index (κ1) is 19.7. The molecule has 2 rings (SSSR count). The first-order chi connectivity index (χ1) is 11.8. The van der Waals surface area contributed by atoms with Gasteiger partial charge in [-0.25, -0.2) is 0 Å². The molecule has 2 unspecified atom stereocenters. The fourth-order valence-electron chi connectivity index (χ4n) is 3.07. The molecule has 0 bridgehead atoms. The standard InChI is InChI=1S/C18H22Cl2N2O3/c1-3-22(18(25)13-10-21-17(24)16(13)23)11(2)5-4-6-12-7-8-14(19)15(20)9-12/h7-9,11,13H,3-6,10H2,1-2H3,(H,21,24). The van der Waals surface area contributed by atoms with Crippen LogP contribution in [0.15, 0.2) is 18.2 Å². The molecule has 1 aliphatic rings. The molecule has 0 spiro atoms. The van der Waals surface area contributed by atoms with Crippen molar-refractivity contribution in [2.24, 2.45) is 5.92 Å². The van der Waals surface area contributed by atoms with Crippen molar-refractivity contribution in [3.8, 4) is 0 Å². The SMILES string of the molecule is CCN(C(=O)C1CNC(=O)C1=O)C(C)CCCc1ccc(Cl)c(Cl)c1. The van der Waals surface area contributed by atoms with Gasteiger partial charge in [0.25, 0.3) is 5.91 Å². The third kappa shape index (κ3) is 4.73. The number of carbonyl (C=O) groups is 3. The molecule has 2 atom stereocenters. The molecule has 1 heterocycles. The summed E-state index contributed by atoms with van der Waals surface area (Å²) in [5.41, 5.74) is 1.09. The van der Waals surface area contributed by atoms with E-state index in [1.807, 2.05) is 26.0 Å². The highest BCUT2D eigenvalue weighted by atomic mass is 35.5. The van der Waals surface area contributed by atoms with Gasteiger partial charge in [-0.15, -0.1) is 0 Å². The van der Waals surface area contributed by atoms with Gasteiger partial charge in [-0.05, 0) is 50.8 Å². The minimum atomic E-state index is -0.884. The zero-order chi connectivity index (χ0) is 18.6. The molecule has 1 N–H and O–H groups in total. The van der Waals surface area contributed by atoms with Gasteiger partial charge in [0.05, 0.1) is 10.0 Å². The number of ketones is 1. The van der Waals surface area contributed by atoms with Gasteiger partial charge in [0.15, 0.2) is 0 Å². The Bertz CT molecular complexity index is 678. The van der Waals surface area contributed by atoms with Gasteiger partial charge in [-0.2, -0.15) is 0 Å². The number of halogens is 2. The average molecular weight is 385 g/mol. The highest BCUT2D eigenvalue weighted by Crippen LogP contribution is 2.24. The van der Waals surface area contributed by atoms with Crippen molar-refractivity contribution in [1.82, 2.24) is 10.2 Å². The largest absolute Gasteiger partial charge is 0.348 e. The predicted molar refractivity (Wildman–Crippen MR) is 97.8 cm³/mol. The number of nitrogens with one attached hydrogen (secondary N) is 1. The Hall–Kier alpha value is -1.59. The van der Waals surface area contributed by atoms with Crippen molar-refractivity contribution < 1.29 is 14.4 Å². The Morgan fingerprint density at radius 2 is 2.04 bits per heavy atom. The number of benzene rings is 1. The Morgan fingerprint density at radius 3 is 2.60 bits per heavy atom. The summed E-state index contributed by atoms with van der Waals surface area (Å²) in [5.74, 6) is -2.45. The fourth-order valence-corrected chi connectivity index (χ4v) is 3.39. The van der Waals surface area contributed by atoms with Crippen LogP contribution in [0.25, 0.3) is 0 Å². The van der Waals surface area contributed by atoms with Crippen molar-refractivity contribution >= 4 is 40.8 Å². The number of Topliss-reactive ketones (excluding diaryl/α,β-unsaturated/α-hetero) is 1. The van der Waals surface area contributed by atoms with Crippen LogP contribution in [0.1, 0.15) is 32.3 Å². The smallest absolute Gasteiger partial charge is 0.288 e. The molecule has 1 aliphatic heterocycles. The molecular weight excluding hydrogens is 363 g/mol. The van der Waals surface area contributed by atoms with Crippen molar-refractivity contribution in [3.63, 3.8) is 0 Å². The molecule has 2 amide bonds. The zero-order valence-electron chi connectivity index (χ0n) is 14.4. The second-order valence-corrected chi connectivity index (χ2v) is 7.06. The van der Waals surface area contributed by atoms with Crippen molar-refractivity contribution in [3.05, 3.63) is 33.8 Å². The highest BCUT2D eigenvalue weighted by Gasteiger charge is 2.40. The van der Waals surface area contributed by atoms with Gasteiger partial charge in [0.1, 0.15) is 5.92 Å². The van der Waals surface area contributed by atoms with Crippen LogP contribution in [0.3, 0.4) is 0 Å². The summed E-state index contributed by atoms with van der Waals surface area (Å²) in [5, 5.41) is 3.50. The molecule has 1 aromatic rings. The van der Waals surface area contributed by atoms with Crippen molar-refractivity contribution in [2.75, 3.05) is 13.1 Å². The van der Waals surface area contributed by atoms with E-state index in [9.17, 15) is 14.4 Å². The second-order valence-electron chi connectivity index (χ2n) is 6.24. The van der Waals surface area contributed by atoms with Gasteiger partial charge in [-0.3, -0.25) is 14.4 Å². The van der Waals surface area contributed by atoms with Crippen LogP contribution >= 0.6 is 23.2 Å². The van der Waals surface area contributed by atoms with E-state index in [4.69, 9.17) is 23.2 Å². The van der Waals surface area contributed by atoms with Crippen LogP contribution < -0.4 is 5.32 Å². The Kier molecular flexibility index (Phi) is 6.85. The summed E-state index contributed by atoms with van der Waals surface area (Å²) in [4.78, 5) is 37.3. The number of rotatable bonds is 7.